The van der Waals surface area contributed by atoms with Gasteiger partial charge in [-0.1, -0.05) is 6.07 Å². The third-order valence-electron chi connectivity index (χ3n) is 3.99. The van der Waals surface area contributed by atoms with E-state index in [0.717, 1.165) is 11.3 Å². The van der Waals surface area contributed by atoms with E-state index in [0.29, 0.717) is 17.7 Å². The molecule has 0 saturated carbocycles. The summed E-state index contributed by atoms with van der Waals surface area (Å²) < 4.78 is 4.84. The average molecular weight is 334 g/mol. The summed E-state index contributed by atoms with van der Waals surface area (Å²) in [6.07, 6.45) is -0.101. The largest absolute Gasteiger partial charge is 0.481 e. The first-order valence-corrected chi connectivity index (χ1v) is 7.85. The Bertz CT molecular complexity index is 671. The number of carboxylic acids is 1. The van der Waals surface area contributed by atoms with E-state index in [2.05, 4.69) is 5.43 Å². The van der Waals surface area contributed by atoms with Crippen LogP contribution in [0.2, 0.25) is 0 Å². The molecule has 1 aliphatic heterocycles. The third kappa shape index (κ3) is 3.91. The summed E-state index contributed by atoms with van der Waals surface area (Å²) >= 11 is 0. The number of carbonyl (C=O) groups excluding carboxylic acids is 2. The van der Waals surface area contributed by atoms with Gasteiger partial charge < -0.3 is 15.3 Å². The monoisotopic (exact) mass is 334 g/mol. The Morgan fingerprint density at radius 1 is 1.38 bits per heavy atom. The molecule has 0 radical (unpaired) electrons. The van der Waals surface area contributed by atoms with Gasteiger partial charge in [0.2, 0.25) is 0 Å². The lowest BCUT2D eigenvalue weighted by Crippen LogP contribution is -2.22. The van der Waals surface area contributed by atoms with Gasteiger partial charge in [-0.05, 0) is 31.9 Å². The number of esters is 1. The molecule has 7 heteroatoms. The van der Waals surface area contributed by atoms with Crippen molar-refractivity contribution in [3.05, 3.63) is 28.8 Å². The second-order valence-corrected chi connectivity index (χ2v) is 5.90. The van der Waals surface area contributed by atoms with Crippen molar-refractivity contribution in [2.24, 2.45) is 5.92 Å². The van der Waals surface area contributed by atoms with Gasteiger partial charge in [0.05, 0.1) is 24.6 Å². The third-order valence-corrected chi connectivity index (χ3v) is 3.99. The minimum atomic E-state index is -1.08. The highest BCUT2D eigenvalue weighted by Gasteiger charge is 2.28. The number of ketones is 1. The Hall–Kier alpha value is -2.41. The molecule has 0 aliphatic carbocycles. The first kappa shape index (κ1) is 17.9. The molecule has 2 N–H and O–H groups in total. The number of nitrogens with zero attached hydrogens (tertiary/aromatic N) is 1. The van der Waals surface area contributed by atoms with Crippen LogP contribution < -0.4 is 5.43 Å². The summed E-state index contributed by atoms with van der Waals surface area (Å²) in [7, 11) is 1.87. The van der Waals surface area contributed by atoms with Crippen molar-refractivity contribution in [3.63, 3.8) is 0 Å². The normalized spacial score (nSPS) is 14.6. The molecule has 130 valence electrons. The molecule has 0 fully saturated rings. The van der Waals surface area contributed by atoms with Gasteiger partial charge in [-0.2, -0.15) is 0 Å². The predicted molar refractivity (Wildman–Crippen MR) is 87.6 cm³/mol. The van der Waals surface area contributed by atoms with Crippen LogP contribution >= 0.6 is 0 Å². The highest BCUT2D eigenvalue weighted by atomic mass is 16.5. The maximum absolute atomic E-state index is 12.1. The van der Waals surface area contributed by atoms with Gasteiger partial charge in [0.25, 0.3) is 0 Å². The number of carboxylic acid groups (broad SMARTS) is 1. The second kappa shape index (κ2) is 7.44. The van der Waals surface area contributed by atoms with Crippen LogP contribution in [0.3, 0.4) is 0 Å². The van der Waals surface area contributed by atoms with Crippen LogP contribution in [0.1, 0.15) is 41.8 Å². The van der Waals surface area contributed by atoms with Gasteiger partial charge in [-0.3, -0.25) is 14.4 Å². The van der Waals surface area contributed by atoms with E-state index < -0.39 is 17.9 Å². The van der Waals surface area contributed by atoms with E-state index in [-0.39, 0.29) is 25.2 Å². The minimum Gasteiger partial charge on any atom is -0.481 e. The van der Waals surface area contributed by atoms with Gasteiger partial charge >= 0.3 is 11.9 Å². The predicted octanol–water partition coefficient (Wildman–Crippen LogP) is 1.86. The molecular formula is C17H22N2O5. The summed E-state index contributed by atoms with van der Waals surface area (Å²) in [5, 5.41) is 11.3. The lowest BCUT2D eigenvalue weighted by molar-refractivity contribution is -0.151. The number of carbonyl (C=O) groups is 3. The van der Waals surface area contributed by atoms with Gasteiger partial charge in [-0.15, -0.1) is 0 Å². The quantitative estimate of drug-likeness (QED) is 0.580. The lowest BCUT2D eigenvalue weighted by atomic mass is 9.89. The van der Waals surface area contributed by atoms with Gasteiger partial charge in [0.15, 0.2) is 5.78 Å². The molecule has 1 atom stereocenters. The van der Waals surface area contributed by atoms with Crippen molar-refractivity contribution >= 4 is 23.4 Å². The van der Waals surface area contributed by atoms with E-state index in [1.807, 2.05) is 18.1 Å². The zero-order chi connectivity index (χ0) is 17.9. The molecule has 0 amide bonds. The molecule has 1 aromatic carbocycles. The number of Topliss-reactive ketones (excluding diaryl/α,β-unsaturated/α-hetero) is 1. The molecule has 0 bridgehead atoms. The van der Waals surface area contributed by atoms with Gasteiger partial charge in [0, 0.05) is 24.7 Å². The van der Waals surface area contributed by atoms with Crippen molar-refractivity contribution in [1.29, 1.82) is 0 Å². The van der Waals surface area contributed by atoms with E-state index in [1.165, 1.54) is 6.92 Å². The number of ether oxygens (including phenoxy) is 1. The van der Waals surface area contributed by atoms with E-state index >= 15 is 0 Å². The summed E-state index contributed by atoms with van der Waals surface area (Å²) in [5.74, 6) is -2.66. The van der Waals surface area contributed by atoms with Gasteiger partial charge in [-0.25, -0.2) is 5.01 Å². The van der Waals surface area contributed by atoms with Crippen LogP contribution in [0, 0.1) is 5.92 Å². The number of hydrogen-bond donors (Lipinski definition) is 2. The summed E-state index contributed by atoms with van der Waals surface area (Å²) in [6.45, 7) is 3.92. The van der Waals surface area contributed by atoms with Crippen molar-refractivity contribution < 1.29 is 24.2 Å². The fourth-order valence-electron chi connectivity index (χ4n) is 2.99. The number of nitrogens with one attached hydrogen (secondary N) is 1. The summed E-state index contributed by atoms with van der Waals surface area (Å²) in [4.78, 5) is 35.2. The van der Waals surface area contributed by atoms with Crippen LogP contribution in [0.15, 0.2) is 12.1 Å². The number of aliphatic carboxylic acids is 1. The highest BCUT2D eigenvalue weighted by molar-refractivity contribution is 5.99. The number of anilines is 1. The number of hydrazine groups is 1. The van der Waals surface area contributed by atoms with Crippen molar-refractivity contribution in [3.8, 4) is 0 Å². The Morgan fingerprint density at radius 3 is 2.67 bits per heavy atom. The lowest BCUT2D eigenvalue weighted by Gasteiger charge is -2.16. The molecule has 7 nitrogen and oxygen atoms in total. The van der Waals surface area contributed by atoms with Crippen LogP contribution in [0.4, 0.5) is 5.69 Å². The second-order valence-electron chi connectivity index (χ2n) is 5.90. The van der Waals surface area contributed by atoms with Crippen LogP contribution in [0.25, 0.3) is 0 Å². The number of benzene rings is 1. The van der Waals surface area contributed by atoms with Gasteiger partial charge in [0.1, 0.15) is 0 Å². The smallest absolute Gasteiger partial charge is 0.307 e. The maximum Gasteiger partial charge on any atom is 0.307 e. The van der Waals surface area contributed by atoms with Crippen LogP contribution in [-0.2, 0) is 27.3 Å². The Balaban J connectivity index is 2.30. The number of rotatable bonds is 7. The van der Waals surface area contributed by atoms with Crippen molar-refractivity contribution in [1.82, 2.24) is 5.01 Å². The minimum absolute atomic E-state index is 0.111. The topological polar surface area (TPSA) is 95.9 Å². The molecule has 0 aromatic heterocycles. The Labute approximate surface area is 140 Å². The van der Waals surface area contributed by atoms with E-state index in [1.54, 1.807) is 13.0 Å². The maximum atomic E-state index is 12.1. The number of fused-ring (bicyclic) bond motifs is 1. The fourth-order valence-corrected chi connectivity index (χ4v) is 2.99. The SMILES string of the molecule is CCOC(=O)C[C@H](Cc1ccc2c(c1C(C)=O)CN(C)N2)C(=O)O. The first-order valence-electron chi connectivity index (χ1n) is 7.85. The zero-order valence-corrected chi connectivity index (χ0v) is 14.1. The standard InChI is InChI=1S/C17H22N2O5/c1-4-24-15(21)8-12(17(22)23)7-11-5-6-14-13(9-19(3)18-14)16(11)10(2)20/h5-6,12,18H,4,7-9H2,1-3H3,(H,22,23)/t12-/m0/s1. The molecule has 0 unspecified atom stereocenters. The zero-order valence-electron chi connectivity index (χ0n) is 14.1. The molecule has 0 saturated heterocycles. The molecule has 0 spiro atoms. The van der Waals surface area contributed by atoms with Crippen molar-refractivity contribution in [2.75, 3.05) is 19.1 Å². The van der Waals surface area contributed by atoms with Crippen molar-refractivity contribution in [2.45, 2.75) is 33.2 Å². The van der Waals surface area contributed by atoms with E-state index in [4.69, 9.17) is 4.74 Å². The fraction of sp³-hybridized carbons (Fsp3) is 0.471. The summed E-state index contributed by atoms with van der Waals surface area (Å²) in [5.41, 5.74) is 6.04. The molecule has 2 rings (SSSR count). The Kier molecular flexibility index (Phi) is 5.56. The molecular weight excluding hydrogens is 312 g/mol. The van der Waals surface area contributed by atoms with Crippen LogP contribution in [-0.4, -0.2) is 41.5 Å². The Morgan fingerprint density at radius 2 is 2.08 bits per heavy atom. The highest BCUT2D eigenvalue weighted by Crippen LogP contribution is 2.31. The molecule has 1 aliphatic rings. The summed E-state index contributed by atoms with van der Waals surface area (Å²) in [6, 6.07) is 3.59. The van der Waals surface area contributed by atoms with Crippen LogP contribution in [0.5, 0.6) is 0 Å². The molecule has 1 aromatic rings. The average Bonchev–Trinajstić information content (AvgIpc) is 2.86. The molecule has 1 heterocycles. The number of hydrogen-bond acceptors (Lipinski definition) is 6. The molecule has 24 heavy (non-hydrogen) atoms. The van der Waals surface area contributed by atoms with E-state index in [9.17, 15) is 19.5 Å². The first-order chi connectivity index (χ1) is 11.3.